The maximum absolute atomic E-state index is 11.3. The molecule has 0 aromatic heterocycles. The van der Waals surface area contributed by atoms with Gasteiger partial charge in [-0.25, -0.2) is 8.42 Å². The zero-order valence-corrected chi connectivity index (χ0v) is 16.5. The fraction of sp³-hybridized carbons (Fsp3) is 0. The van der Waals surface area contributed by atoms with E-state index in [2.05, 4.69) is 0 Å². The summed E-state index contributed by atoms with van der Waals surface area (Å²) < 4.78 is 34.0. The monoisotopic (exact) mass is 539 g/mol. The predicted molar refractivity (Wildman–Crippen MR) is 94.5 cm³/mol. The van der Waals surface area contributed by atoms with Crippen LogP contribution >= 0.6 is 7.92 Å². The van der Waals surface area contributed by atoms with E-state index in [0.717, 1.165) is 15.9 Å². The summed E-state index contributed by atoms with van der Waals surface area (Å²) in [6.45, 7) is 0. The van der Waals surface area contributed by atoms with Crippen molar-refractivity contribution in [2.45, 2.75) is 4.90 Å². The number of benzene rings is 3. The second-order valence-electron chi connectivity index (χ2n) is 5.09. The summed E-state index contributed by atoms with van der Waals surface area (Å²) in [5, 5.41) is 3.16. The van der Waals surface area contributed by atoms with Gasteiger partial charge in [0.05, 0.1) is 12.8 Å². The van der Waals surface area contributed by atoms with Gasteiger partial charge in [0.1, 0.15) is 26.0 Å². The minimum atomic E-state index is -4.46. The second-order valence-corrected chi connectivity index (χ2v) is 8.95. The molecule has 3 aromatic carbocycles. The largest absolute Gasteiger partial charge is 0.744 e. The Labute approximate surface area is 158 Å². The summed E-state index contributed by atoms with van der Waals surface area (Å²) in [5.74, 6) is 0. The van der Waals surface area contributed by atoms with Gasteiger partial charge in [-0.05, 0) is 42.5 Å². The Bertz CT molecular complexity index is 860. The van der Waals surface area contributed by atoms with Crippen LogP contribution in [0.3, 0.4) is 0 Å². The quantitative estimate of drug-likeness (QED) is 0.290. The van der Waals surface area contributed by atoms with Gasteiger partial charge in [0.2, 0.25) is 0 Å². The maximum atomic E-state index is 11.3. The number of hydrogen-bond acceptors (Lipinski definition) is 3. The number of rotatable bonds is 4. The second kappa shape index (κ2) is 8.21. The summed E-state index contributed by atoms with van der Waals surface area (Å²) in [4.78, 5) is -0.177. The Kier molecular flexibility index (Phi) is 6.53. The van der Waals surface area contributed by atoms with Crippen LogP contribution in [0.15, 0.2) is 89.8 Å². The van der Waals surface area contributed by atoms with Crippen molar-refractivity contribution in [1.82, 2.24) is 0 Å². The summed E-state index contributed by atoms with van der Waals surface area (Å²) in [5.41, 5.74) is 0. The van der Waals surface area contributed by atoms with Crippen LogP contribution in [-0.2, 0) is 32.5 Å². The van der Waals surface area contributed by atoms with Gasteiger partial charge in [0.15, 0.2) is 0 Å². The summed E-state index contributed by atoms with van der Waals surface area (Å²) in [6.07, 6.45) is 0. The van der Waals surface area contributed by atoms with Crippen LogP contribution in [-0.4, -0.2) is 13.0 Å². The van der Waals surface area contributed by atoms with Crippen LogP contribution < -0.4 is 15.9 Å². The average Bonchev–Trinajstić information content (AvgIpc) is 2.57. The van der Waals surface area contributed by atoms with Crippen molar-refractivity contribution in [3.63, 3.8) is 0 Å². The van der Waals surface area contributed by atoms with Gasteiger partial charge < -0.3 is 4.55 Å². The minimum absolute atomic E-state index is 0. The van der Waals surface area contributed by atoms with Crippen molar-refractivity contribution in [3.8, 4) is 0 Å². The SMILES string of the molecule is O=S(=O)([O-])c1cccc([PH+](c2ccccc2)c2ccccc2)c1.[Au]. The molecule has 0 spiro atoms. The van der Waals surface area contributed by atoms with E-state index in [-0.39, 0.29) is 27.3 Å². The molecule has 0 bridgehead atoms. The van der Waals surface area contributed by atoms with Gasteiger partial charge in [-0.15, -0.1) is 0 Å². The van der Waals surface area contributed by atoms with Crippen LogP contribution in [0.25, 0.3) is 0 Å². The molecule has 0 amide bonds. The van der Waals surface area contributed by atoms with E-state index in [1.165, 1.54) is 12.1 Å². The van der Waals surface area contributed by atoms with Crippen molar-refractivity contribution < 1.29 is 35.4 Å². The van der Waals surface area contributed by atoms with Crippen molar-refractivity contribution in [3.05, 3.63) is 84.9 Å². The molecule has 3 nitrogen and oxygen atoms in total. The first-order valence-corrected chi connectivity index (χ1v) is 10.0. The zero-order chi connectivity index (χ0) is 16.3. The Hall–Kier alpha value is -1.26. The van der Waals surface area contributed by atoms with E-state index in [1.807, 2.05) is 66.7 Å². The van der Waals surface area contributed by atoms with Crippen molar-refractivity contribution >= 4 is 34.0 Å². The Morgan fingerprint density at radius 2 is 1.12 bits per heavy atom. The topological polar surface area (TPSA) is 57.2 Å². The minimum Gasteiger partial charge on any atom is -0.744 e. The molecule has 0 aliphatic rings. The van der Waals surface area contributed by atoms with Crippen LogP contribution in [0, 0.1) is 0 Å². The molecule has 1 radical (unpaired) electrons. The van der Waals surface area contributed by atoms with Crippen LogP contribution in [0.1, 0.15) is 0 Å². The van der Waals surface area contributed by atoms with E-state index in [1.54, 1.807) is 6.07 Å². The molecule has 0 fully saturated rings. The van der Waals surface area contributed by atoms with E-state index < -0.39 is 18.0 Å². The molecule has 0 unspecified atom stereocenters. The van der Waals surface area contributed by atoms with Gasteiger partial charge in [0, 0.05) is 22.4 Å². The van der Waals surface area contributed by atoms with Gasteiger partial charge in [-0.2, -0.15) is 0 Å². The molecule has 0 atom stereocenters. The molecule has 0 heterocycles. The summed E-state index contributed by atoms with van der Waals surface area (Å²) >= 11 is 0. The molecular formula is C18H15AuO3PS. The third-order valence-electron chi connectivity index (χ3n) is 3.54. The zero-order valence-electron chi connectivity index (χ0n) is 12.5. The first-order chi connectivity index (χ1) is 11.1. The molecule has 3 rings (SSSR count). The molecule has 0 N–H and O–H groups in total. The molecule has 127 valence electrons. The molecule has 6 heteroatoms. The van der Waals surface area contributed by atoms with Gasteiger partial charge in [-0.3, -0.25) is 0 Å². The van der Waals surface area contributed by atoms with E-state index >= 15 is 0 Å². The molecule has 0 saturated carbocycles. The van der Waals surface area contributed by atoms with Gasteiger partial charge >= 0.3 is 0 Å². The molecule has 3 aromatic rings. The Balaban J connectivity index is 0.00000208. The van der Waals surface area contributed by atoms with Crippen molar-refractivity contribution in [1.29, 1.82) is 0 Å². The van der Waals surface area contributed by atoms with Crippen LogP contribution in [0.4, 0.5) is 0 Å². The fourth-order valence-electron chi connectivity index (χ4n) is 2.52. The first kappa shape index (κ1) is 19.1. The number of hydrogen-bond donors (Lipinski definition) is 0. The third-order valence-corrected chi connectivity index (χ3v) is 7.08. The first-order valence-electron chi connectivity index (χ1n) is 7.10. The average molecular weight is 539 g/mol. The molecule has 0 aliphatic heterocycles. The fourth-order valence-corrected chi connectivity index (χ4v) is 5.75. The molecular weight excluding hydrogens is 524 g/mol. The summed E-state index contributed by atoms with van der Waals surface area (Å²) in [6, 6.07) is 26.3. The maximum Gasteiger partial charge on any atom is 0.124 e. The molecule has 0 saturated heterocycles. The molecule has 24 heavy (non-hydrogen) atoms. The van der Waals surface area contributed by atoms with Gasteiger partial charge in [0.25, 0.3) is 0 Å². The standard InChI is InChI=1S/C18H15O3PS.Au/c19-23(20,21)18-13-7-12-17(14-18)22(15-8-3-1-4-9-15)16-10-5-2-6-11-16;/h1-14H,(H,19,20,21);. The van der Waals surface area contributed by atoms with Crippen molar-refractivity contribution in [2.24, 2.45) is 0 Å². The van der Waals surface area contributed by atoms with Crippen LogP contribution in [0.2, 0.25) is 0 Å². The predicted octanol–water partition coefficient (Wildman–Crippen LogP) is 2.08. The van der Waals surface area contributed by atoms with Crippen LogP contribution in [0.5, 0.6) is 0 Å². The Morgan fingerprint density at radius 3 is 1.58 bits per heavy atom. The smallest absolute Gasteiger partial charge is 0.124 e. The van der Waals surface area contributed by atoms with E-state index in [4.69, 9.17) is 0 Å². The normalized spacial score (nSPS) is 11.1. The van der Waals surface area contributed by atoms with E-state index in [0.29, 0.717) is 0 Å². The van der Waals surface area contributed by atoms with Crippen molar-refractivity contribution in [2.75, 3.05) is 0 Å². The summed E-state index contributed by atoms with van der Waals surface area (Å²) in [7, 11) is -5.82. The van der Waals surface area contributed by atoms with E-state index in [9.17, 15) is 13.0 Å². The molecule has 0 aliphatic carbocycles. The third kappa shape index (κ3) is 4.42. The Morgan fingerprint density at radius 1 is 0.667 bits per heavy atom. The van der Waals surface area contributed by atoms with Gasteiger partial charge in [-0.1, -0.05) is 42.5 Å².